The van der Waals surface area contributed by atoms with Crippen molar-refractivity contribution in [2.45, 2.75) is 5.41 Å². The minimum absolute atomic E-state index is 0.361. The van der Waals surface area contributed by atoms with Crippen molar-refractivity contribution in [2.75, 3.05) is 0 Å². The predicted octanol–water partition coefficient (Wildman–Crippen LogP) is 12.3. The summed E-state index contributed by atoms with van der Waals surface area (Å²) in [6, 6.07) is 62.4. The Bertz CT molecular complexity index is 2580. The van der Waals surface area contributed by atoms with Crippen molar-refractivity contribution in [3.05, 3.63) is 192 Å². The van der Waals surface area contributed by atoms with E-state index >= 15 is 0 Å². The van der Waals surface area contributed by atoms with Crippen LogP contribution in [0, 0.1) is 0 Å². The first kappa shape index (κ1) is 25.9. The van der Waals surface area contributed by atoms with Gasteiger partial charge in [-0.25, -0.2) is 0 Å². The minimum Gasteiger partial charge on any atom is -0.456 e. The van der Waals surface area contributed by atoms with Crippen LogP contribution in [0.15, 0.2) is 170 Å². The molecule has 48 heavy (non-hydrogen) atoms. The van der Waals surface area contributed by atoms with Gasteiger partial charge in [-0.05, 0) is 102 Å². The number of ether oxygens (including phenoxy) is 1. The molecule has 11 rings (SSSR count). The largest absolute Gasteiger partial charge is 0.456 e. The van der Waals surface area contributed by atoms with Crippen LogP contribution in [0.1, 0.15) is 22.3 Å². The van der Waals surface area contributed by atoms with Crippen molar-refractivity contribution in [3.8, 4) is 67.1 Å². The van der Waals surface area contributed by atoms with Crippen molar-refractivity contribution in [1.82, 2.24) is 0 Å². The summed E-state index contributed by atoms with van der Waals surface area (Å²) in [5.74, 6) is 1.81. The monoisotopic (exact) mass is 608 g/mol. The highest BCUT2D eigenvalue weighted by atomic mass is 16.5. The third-order valence-corrected chi connectivity index (χ3v) is 10.9. The summed E-state index contributed by atoms with van der Waals surface area (Å²) in [6.07, 6.45) is 0. The van der Waals surface area contributed by atoms with Crippen LogP contribution in [0.3, 0.4) is 0 Å². The highest BCUT2D eigenvalue weighted by Gasteiger charge is 2.51. The first-order valence-corrected chi connectivity index (χ1v) is 16.7. The van der Waals surface area contributed by atoms with Gasteiger partial charge in [-0.2, -0.15) is 0 Å². The Labute approximate surface area is 279 Å². The average molecular weight is 609 g/mol. The van der Waals surface area contributed by atoms with Crippen LogP contribution in [-0.4, -0.2) is 0 Å². The van der Waals surface area contributed by atoms with Gasteiger partial charge >= 0.3 is 0 Å². The molecule has 1 heterocycles. The second kappa shape index (κ2) is 9.44. The van der Waals surface area contributed by atoms with Gasteiger partial charge in [-0.1, -0.05) is 146 Å². The fourth-order valence-corrected chi connectivity index (χ4v) is 8.96. The molecule has 8 aromatic carbocycles. The van der Waals surface area contributed by atoms with E-state index in [9.17, 15) is 0 Å². The summed E-state index contributed by atoms with van der Waals surface area (Å²) in [6.45, 7) is 0. The van der Waals surface area contributed by atoms with E-state index in [0.29, 0.717) is 0 Å². The van der Waals surface area contributed by atoms with Gasteiger partial charge in [0.05, 0.1) is 5.41 Å². The number of benzene rings is 8. The van der Waals surface area contributed by atoms with Crippen LogP contribution in [-0.2, 0) is 5.41 Å². The Morgan fingerprint density at radius 2 is 0.875 bits per heavy atom. The molecule has 1 spiro atoms. The molecule has 1 nitrogen and oxygen atoms in total. The third kappa shape index (κ3) is 3.25. The predicted molar refractivity (Wildman–Crippen MR) is 197 cm³/mol. The highest BCUT2D eigenvalue weighted by Crippen LogP contribution is 2.63. The molecule has 8 aromatic rings. The molecule has 2 aliphatic carbocycles. The molecule has 0 N–H and O–H groups in total. The maximum absolute atomic E-state index is 6.67. The second-order valence-electron chi connectivity index (χ2n) is 13.2. The molecule has 0 bridgehead atoms. The molecular weight excluding hydrogens is 581 g/mol. The molecule has 0 unspecified atom stereocenters. The molecule has 0 fully saturated rings. The quantitative estimate of drug-likeness (QED) is 0.190. The van der Waals surface area contributed by atoms with E-state index in [2.05, 4.69) is 170 Å². The zero-order valence-electron chi connectivity index (χ0n) is 26.1. The molecule has 3 aliphatic rings. The number of hydrogen-bond acceptors (Lipinski definition) is 1. The van der Waals surface area contributed by atoms with Crippen molar-refractivity contribution in [1.29, 1.82) is 0 Å². The molecular formula is C47H28O. The van der Waals surface area contributed by atoms with Crippen LogP contribution in [0.5, 0.6) is 11.5 Å². The van der Waals surface area contributed by atoms with Gasteiger partial charge in [0.15, 0.2) is 0 Å². The molecule has 1 heteroatoms. The molecule has 0 aromatic heterocycles. The normalized spacial score (nSPS) is 13.8. The van der Waals surface area contributed by atoms with Crippen LogP contribution in [0.4, 0.5) is 0 Å². The van der Waals surface area contributed by atoms with Crippen molar-refractivity contribution >= 4 is 10.8 Å². The summed E-state index contributed by atoms with van der Waals surface area (Å²) < 4.78 is 6.67. The zero-order chi connectivity index (χ0) is 31.4. The van der Waals surface area contributed by atoms with Gasteiger partial charge in [0, 0.05) is 10.9 Å². The first-order chi connectivity index (χ1) is 23.8. The Hall–Kier alpha value is -6.18. The number of rotatable bonds is 2. The van der Waals surface area contributed by atoms with E-state index in [1.165, 1.54) is 77.5 Å². The van der Waals surface area contributed by atoms with E-state index in [4.69, 9.17) is 4.74 Å². The fourth-order valence-electron chi connectivity index (χ4n) is 8.96. The Morgan fingerprint density at radius 1 is 0.312 bits per heavy atom. The summed E-state index contributed by atoms with van der Waals surface area (Å²) in [5.41, 5.74) is 17.5. The summed E-state index contributed by atoms with van der Waals surface area (Å²) in [5, 5.41) is 2.38. The van der Waals surface area contributed by atoms with Gasteiger partial charge in [-0.3, -0.25) is 0 Å². The number of fused-ring (bicyclic) bond motifs is 12. The van der Waals surface area contributed by atoms with Crippen molar-refractivity contribution in [3.63, 3.8) is 0 Å². The van der Waals surface area contributed by atoms with Gasteiger partial charge in [0.25, 0.3) is 0 Å². The maximum atomic E-state index is 6.67. The molecule has 222 valence electrons. The number of hydrogen-bond donors (Lipinski definition) is 0. The first-order valence-electron chi connectivity index (χ1n) is 16.7. The summed E-state index contributed by atoms with van der Waals surface area (Å²) in [7, 11) is 0. The lowest BCUT2D eigenvalue weighted by Crippen LogP contribution is -2.25. The molecule has 0 amide bonds. The van der Waals surface area contributed by atoms with Crippen LogP contribution in [0.25, 0.3) is 66.4 Å². The Kier molecular flexibility index (Phi) is 5.10. The fraction of sp³-hybridized carbons (Fsp3) is 0.0213. The molecule has 1 aliphatic heterocycles. The standard InChI is InChI=1S/C47H28O/c1-2-11-29(12-3-1)30-21-24-37-39-17-10-16-38-32(25-26-44(46(38)39)48-45(37)28-30)31-22-23-36-35-15-6-9-20-42(35)47(43(36)27-31)40-18-7-4-13-33(40)34-14-5-8-19-41(34)47/h1-28H. The van der Waals surface area contributed by atoms with Gasteiger partial charge in [-0.15, -0.1) is 0 Å². The lowest BCUT2D eigenvalue weighted by molar-refractivity contribution is 0.487. The van der Waals surface area contributed by atoms with E-state index in [-0.39, 0.29) is 5.41 Å². The highest BCUT2D eigenvalue weighted by molar-refractivity contribution is 6.10. The zero-order valence-corrected chi connectivity index (χ0v) is 26.1. The molecule has 0 radical (unpaired) electrons. The Morgan fingerprint density at radius 3 is 1.58 bits per heavy atom. The summed E-state index contributed by atoms with van der Waals surface area (Å²) in [4.78, 5) is 0. The lowest BCUT2D eigenvalue weighted by Gasteiger charge is -2.30. The second-order valence-corrected chi connectivity index (χ2v) is 13.2. The third-order valence-electron chi connectivity index (χ3n) is 10.9. The average Bonchev–Trinajstić information content (AvgIpc) is 3.62. The van der Waals surface area contributed by atoms with Crippen LogP contribution < -0.4 is 4.74 Å². The van der Waals surface area contributed by atoms with Crippen LogP contribution >= 0.6 is 0 Å². The maximum Gasteiger partial charge on any atom is 0.135 e. The van der Waals surface area contributed by atoms with Gasteiger partial charge < -0.3 is 4.74 Å². The van der Waals surface area contributed by atoms with E-state index in [0.717, 1.165) is 22.6 Å². The van der Waals surface area contributed by atoms with E-state index in [1.807, 2.05) is 0 Å². The topological polar surface area (TPSA) is 9.23 Å². The van der Waals surface area contributed by atoms with E-state index < -0.39 is 0 Å². The van der Waals surface area contributed by atoms with Crippen LogP contribution in [0.2, 0.25) is 0 Å². The Balaban J connectivity index is 1.13. The van der Waals surface area contributed by atoms with Crippen molar-refractivity contribution < 1.29 is 4.74 Å². The molecule has 0 saturated heterocycles. The van der Waals surface area contributed by atoms with Gasteiger partial charge in [0.2, 0.25) is 0 Å². The minimum atomic E-state index is -0.361. The van der Waals surface area contributed by atoms with E-state index in [1.54, 1.807) is 0 Å². The molecule has 0 atom stereocenters. The summed E-state index contributed by atoms with van der Waals surface area (Å²) >= 11 is 0. The lowest BCUT2D eigenvalue weighted by atomic mass is 9.70. The van der Waals surface area contributed by atoms with Gasteiger partial charge in [0.1, 0.15) is 11.5 Å². The molecule has 0 saturated carbocycles. The SMILES string of the molecule is c1ccc(-c2ccc3c(c2)Oc2ccc(-c4ccc5c(c4)C4(c6ccccc6-c6ccccc64)c4ccccc4-5)c4cccc-3c24)cc1. The smallest absolute Gasteiger partial charge is 0.135 e. The van der Waals surface area contributed by atoms with Crippen molar-refractivity contribution in [2.24, 2.45) is 0 Å².